The summed E-state index contributed by atoms with van der Waals surface area (Å²) in [6.07, 6.45) is 5.06. The summed E-state index contributed by atoms with van der Waals surface area (Å²) in [6.45, 7) is 1.41. The van der Waals surface area contributed by atoms with E-state index in [-0.39, 0.29) is 17.9 Å². The van der Waals surface area contributed by atoms with Crippen molar-refractivity contribution in [2.45, 2.75) is 24.0 Å². The van der Waals surface area contributed by atoms with Crippen LogP contribution in [-0.4, -0.2) is 39.6 Å². The number of aryl methyl sites for hydroxylation is 1. The molecule has 0 unspecified atom stereocenters. The number of fused-ring (bicyclic) bond motifs is 1. The molecule has 2 atom stereocenters. The summed E-state index contributed by atoms with van der Waals surface area (Å²) in [4.78, 5) is 19.6. The van der Waals surface area contributed by atoms with Gasteiger partial charge in [0.25, 0.3) is 0 Å². The highest BCUT2D eigenvalue weighted by Gasteiger charge is 2.38. The first-order valence-electron chi connectivity index (χ1n) is 8.24. The van der Waals surface area contributed by atoms with Gasteiger partial charge in [0.2, 0.25) is 5.91 Å². The van der Waals surface area contributed by atoms with E-state index in [4.69, 9.17) is 4.74 Å². The van der Waals surface area contributed by atoms with Crippen molar-refractivity contribution in [3.8, 4) is 0 Å². The maximum absolute atomic E-state index is 13.3. The number of ether oxygens (including phenoxy) is 1. The molecule has 2 aromatic rings. The minimum absolute atomic E-state index is 0.135. The minimum atomic E-state index is -0.228. The number of pyridine rings is 1. The van der Waals surface area contributed by atoms with Crippen molar-refractivity contribution in [1.82, 2.24) is 14.8 Å². The van der Waals surface area contributed by atoms with Crippen LogP contribution in [0.4, 0.5) is 5.69 Å². The molecule has 4 rings (SSSR count). The molecule has 126 valence electrons. The first kappa shape index (κ1) is 15.7. The Morgan fingerprint density at radius 1 is 1.38 bits per heavy atom. The number of hydrogen-bond donors (Lipinski definition) is 0. The van der Waals surface area contributed by atoms with Crippen LogP contribution in [0.25, 0.3) is 0 Å². The van der Waals surface area contributed by atoms with Crippen LogP contribution in [0, 0.1) is 5.92 Å². The van der Waals surface area contributed by atoms with E-state index in [1.54, 1.807) is 28.8 Å². The second-order valence-corrected chi connectivity index (χ2v) is 7.17. The van der Waals surface area contributed by atoms with Crippen molar-refractivity contribution in [3.63, 3.8) is 0 Å². The Balaban J connectivity index is 1.64. The molecule has 2 aliphatic rings. The zero-order chi connectivity index (χ0) is 16.5. The molecular formula is C17H20N4O2S. The monoisotopic (exact) mass is 344 g/mol. The lowest BCUT2D eigenvalue weighted by Gasteiger charge is -2.36. The first-order valence-corrected chi connectivity index (χ1v) is 9.23. The molecule has 1 amide bonds. The van der Waals surface area contributed by atoms with Crippen LogP contribution in [-0.2, 0) is 16.6 Å². The van der Waals surface area contributed by atoms with Crippen molar-refractivity contribution in [1.29, 1.82) is 0 Å². The van der Waals surface area contributed by atoms with E-state index in [2.05, 4.69) is 10.1 Å². The molecule has 2 aromatic heterocycles. The van der Waals surface area contributed by atoms with Crippen LogP contribution in [0.15, 0.2) is 35.6 Å². The van der Waals surface area contributed by atoms with Crippen LogP contribution in [0.2, 0.25) is 0 Å². The van der Waals surface area contributed by atoms with Gasteiger partial charge >= 0.3 is 0 Å². The average molecular weight is 344 g/mol. The average Bonchev–Trinajstić information content (AvgIpc) is 3.06. The first-order chi connectivity index (χ1) is 11.8. The lowest BCUT2D eigenvalue weighted by molar-refractivity contribution is -0.132. The number of aromatic nitrogens is 3. The van der Waals surface area contributed by atoms with E-state index in [0.717, 1.165) is 41.5 Å². The number of thioether (sulfide) groups is 1. The smallest absolute Gasteiger partial charge is 0.233 e. The highest BCUT2D eigenvalue weighted by molar-refractivity contribution is 7.99. The predicted molar refractivity (Wildman–Crippen MR) is 91.9 cm³/mol. The molecule has 0 N–H and O–H groups in total. The van der Waals surface area contributed by atoms with Gasteiger partial charge in [-0.05, 0) is 31.0 Å². The molecule has 0 radical (unpaired) electrons. The van der Waals surface area contributed by atoms with Crippen molar-refractivity contribution in [2.75, 3.05) is 23.8 Å². The summed E-state index contributed by atoms with van der Waals surface area (Å²) in [5.41, 5.74) is 1.89. The largest absolute Gasteiger partial charge is 0.371 e. The molecule has 0 aliphatic carbocycles. The van der Waals surface area contributed by atoms with Crippen LogP contribution in [0.1, 0.15) is 24.6 Å². The van der Waals surface area contributed by atoms with Crippen molar-refractivity contribution in [3.05, 3.63) is 36.3 Å². The number of anilines is 1. The van der Waals surface area contributed by atoms with E-state index in [1.165, 1.54) is 0 Å². The molecule has 2 aliphatic heterocycles. The topological polar surface area (TPSA) is 60.3 Å². The van der Waals surface area contributed by atoms with Gasteiger partial charge in [-0.1, -0.05) is 0 Å². The van der Waals surface area contributed by atoms with Crippen molar-refractivity contribution < 1.29 is 9.53 Å². The van der Waals surface area contributed by atoms with Crippen molar-refractivity contribution >= 4 is 23.4 Å². The fraction of sp³-hybridized carbons (Fsp3) is 0.471. The zero-order valence-corrected chi connectivity index (χ0v) is 14.4. The summed E-state index contributed by atoms with van der Waals surface area (Å²) in [5, 5.41) is 5.17. The summed E-state index contributed by atoms with van der Waals surface area (Å²) in [5.74, 6) is 0.834. The van der Waals surface area contributed by atoms with Gasteiger partial charge in [-0.2, -0.15) is 5.10 Å². The van der Waals surface area contributed by atoms with E-state index in [1.807, 2.05) is 30.1 Å². The van der Waals surface area contributed by atoms with E-state index in [9.17, 15) is 4.79 Å². The van der Waals surface area contributed by atoms with Gasteiger partial charge in [0.15, 0.2) is 0 Å². The van der Waals surface area contributed by atoms with Crippen LogP contribution in [0.3, 0.4) is 0 Å². The van der Waals surface area contributed by atoms with Crippen LogP contribution >= 0.6 is 11.8 Å². The van der Waals surface area contributed by atoms with Gasteiger partial charge in [-0.25, -0.2) is 4.98 Å². The summed E-state index contributed by atoms with van der Waals surface area (Å²) in [6, 6.07) is 5.81. The number of nitrogens with zero attached hydrogens (tertiary/aromatic N) is 4. The molecule has 6 nitrogen and oxygen atoms in total. The molecular weight excluding hydrogens is 324 g/mol. The second kappa shape index (κ2) is 6.57. The summed E-state index contributed by atoms with van der Waals surface area (Å²) < 4.78 is 7.79. The Hall–Kier alpha value is -1.86. The maximum atomic E-state index is 13.3. The van der Waals surface area contributed by atoms with E-state index >= 15 is 0 Å². The molecule has 0 saturated carbocycles. The molecule has 1 saturated heterocycles. The third-order valence-corrected chi connectivity index (χ3v) is 5.63. The Morgan fingerprint density at radius 3 is 3.12 bits per heavy atom. The molecule has 0 bridgehead atoms. The van der Waals surface area contributed by atoms with Gasteiger partial charge < -0.3 is 9.64 Å². The summed E-state index contributed by atoms with van der Waals surface area (Å²) in [7, 11) is 1.89. The molecule has 1 fully saturated rings. The highest BCUT2D eigenvalue weighted by Crippen LogP contribution is 2.38. The van der Waals surface area contributed by atoms with Crippen LogP contribution < -0.4 is 4.90 Å². The fourth-order valence-electron chi connectivity index (χ4n) is 3.47. The van der Waals surface area contributed by atoms with Gasteiger partial charge in [0.05, 0.1) is 17.3 Å². The normalized spacial score (nSPS) is 23.8. The van der Waals surface area contributed by atoms with Gasteiger partial charge in [-0.3, -0.25) is 9.48 Å². The van der Waals surface area contributed by atoms with Gasteiger partial charge in [0, 0.05) is 38.3 Å². The number of hydrogen-bond acceptors (Lipinski definition) is 5. The second-order valence-electron chi connectivity index (χ2n) is 6.09. The van der Waals surface area contributed by atoms with E-state index < -0.39 is 0 Å². The third kappa shape index (κ3) is 2.71. The maximum Gasteiger partial charge on any atom is 0.233 e. The Kier molecular flexibility index (Phi) is 4.28. The fourth-order valence-corrected chi connectivity index (χ4v) is 4.40. The molecule has 0 spiro atoms. The Bertz CT molecular complexity index is 748. The summed E-state index contributed by atoms with van der Waals surface area (Å²) >= 11 is 1.71. The van der Waals surface area contributed by atoms with Gasteiger partial charge in [0.1, 0.15) is 11.1 Å². The predicted octanol–water partition coefficient (Wildman–Crippen LogP) is 2.42. The Morgan fingerprint density at radius 2 is 2.29 bits per heavy atom. The molecule has 0 aromatic carbocycles. The van der Waals surface area contributed by atoms with Crippen LogP contribution in [0.5, 0.6) is 0 Å². The zero-order valence-electron chi connectivity index (χ0n) is 13.6. The quantitative estimate of drug-likeness (QED) is 0.837. The lowest BCUT2D eigenvalue weighted by atomic mass is 9.90. The van der Waals surface area contributed by atoms with E-state index in [0.29, 0.717) is 6.61 Å². The Labute approximate surface area is 145 Å². The third-order valence-electron chi connectivity index (χ3n) is 4.65. The number of rotatable bonds is 2. The van der Waals surface area contributed by atoms with Crippen molar-refractivity contribution in [2.24, 2.45) is 13.0 Å². The lowest BCUT2D eigenvalue weighted by Crippen LogP contribution is -2.43. The molecule has 7 heteroatoms. The number of carbonyl (C=O) groups is 1. The van der Waals surface area contributed by atoms with Gasteiger partial charge in [-0.15, -0.1) is 11.8 Å². The molecule has 24 heavy (non-hydrogen) atoms. The minimum Gasteiger partial charge on any atom is -0.371 e. The standard InChI is InChI=1S/C17H20N4O2S/c1-20-13(6-8-19-20)15-12(4-3-10-23-15)17(22)21-9-11-24-16-14(21)5-2-7-18-16/h2,5-8,12,15H,3-4,9-11H2,1H3/t12-,15-/m1/s1. The number of carbonyl (C=O) groups excluding carboxylic acids is 1. The number of amides is 1. The molecule has 4 heterocycles. The highest BCUT2D eigenvalue weighted by atomic mass is 32.2. The SMILES string of the molecule is Cn1nccc1[C@@H]1OCCC[C@H]1C(=O)N1CCSc2ncccc21.